The number of H-pyrrole nitrogens is 1. The van der Waals surface area contributed by atoms with Crippen molar-refractivity contribution >= 4 is 16.9 Å². The van der Waals surface area contributed by atoms with E-state index >= 15 is 0 Å². The molecule has 1 aliphatic rings. The Labute approximate surface area is 151 Å². The lowest BCUT2D eigenvalue weighted by atomic mass is 10.0. The molecule has 3 heterocycles. The Bertz CT molecular complexity index is 1020. The van der Waals surface area contributed by atoms with Gasteiger partial charge < -0.3 is 9.88 Å². The molecule has 0 saturated carbocycles. The first kappa shape index (κ1) is 15.1. The van der Waals surface area contributed by atoms with Crippen molar-refractivity contribution in [2.24, 2.45) is 0 Å². The fourth-order valence-electron chi connectivity index (χ4n) is 3.67. The number of anilines is 1. The fourth-order valence-corrected chi connectivity index (χ4v) is 3.67. The lowest BCUT2D eigenvalue weighted by Gasteiger charge is -2.20. The molecule has 0 amide bonds. The third kappa shape index (κ3) is 2.52. The van der Waals surface area contributed by atoms with Gasteiger partial charge in [-0.05, 0) is 30.5 Å². The molecule has 5 rings (SSSR count). The Morgan fingerprint density at radius 1 is 0.885 bits per heavy atom. The number of aromatic amines is 1. The molecule has 0 spiro atoms. The first-order valence-electron chi connectivity index (χ1n) is 9.01. The van der Waals surface area contributed by atoms with E-state index in [4.69, 9.17) is 4.98 Å². The van der Waals surface area contributed by atoms with Crippen molar-refractivity contribution in [2.75, 3.05) is 18.0 Å². The second kappa shape index (κ2) is 6.26. The van der Waals surface area contributed by atoms with E-state index in [9.17, 15) is 0 Å². The average molecular weight is 341 g/mol. The molecule has 1 aliphatic heterocycles. The molecule has 2 aromatic carbocycles. The molecule has 26 heavy (non-hydrogen) atoms. The van der Waals surface area contributed by atoms with Crippen LogP contribution in [0, 0.1) is 0 Å². The van der Waals surface area contributed by atoms with Crippen molar-refractivity contribution < 1.29 is 0 Å². The SMILES string of the molecule is c1ccc(-c2cnnc(N3CCCC3)c2-c2nc3ccccc3[nH]2)cc1. The summed E-state index contributed by atoms with van der Waals surface area (Å²) >= 11 is 0. The maximum absolute atomic E-state index is 4.85. The van der Waals surface area contributed by atoms with E-state index in [1.54, 1.807) is 0 Å². The Morgan fingerprint density at radius 2 is 1.65 bits per heavy atom. The normalized spacial score (nSPS) is 14.2. The molecule has 2 aromatic heterocycles. The highest BCUT2D eigenvalue weighted by molar-refractivity contribution is 5.90. The topological polar surface area (TPSA) is 57.7 Å². The minimum atomic E-state index is 0.849. The van der Waals surface area contributed by atoms with Crippen LogP contribution in [0.1, 0.15) is 12.8 Å². The number of nitrogens with zero attached hydrogens (tertiary/aromatic N) is 4. The molecule has 0 atom stereocenters. The monoisotopic (exact) mass is 341 g/mol. The zero-order valence-electron chi connectivity index (χ0n) is 14.4. The van der Waals surface area contributed by atoms with Crippen molar-refractivity contribution in [2.45, 2.75) is 12.8 Å². The van der Waals surface area contributed by atoms with Gasteiger partial charge in [-0.15, -0.1) is 5.10 Å². The van der Waals surface area contributed by atoms with E-state index in [0.717, 1.165) is 52.5 Å². The average Bonchev–Trinajstić information content (AvgIpc) is 3.37. The molecule has 128 valence electrons. The van der Waals surface area contributed by atoms with Gasteiger partial charge in [0.2, 0.25) is 0 Å². The number of hydrogen-bond acceptors (Lipinski definition) is 4. The standard InChI is InChI=1S/C21H19N5/c1-2-8-15(9-3-1)16-14-22-25-21(26-12-6-7-13-26)19(16)20-23-17-10-4-5-11-18(17)24-20/h1-5,8-11,14H,6-7,12-13H2,(H,23,24). The van der Waals surface area contributed by atoms with Gasteiger partial charge >= 0.3 is 0 Å². The van der Waals surface area contributed by atoms with Crippen LogP contribution in [-0.4, -0.2) is 33.3 Å². The molecule has 0 unspecified atom stereocenters. The number of imidazole rings is 1. The van der Waals surface area contributed by atoms with E-state index in [-0.39, 0.29) is 0 Å². The lowest BCUT2D eigenvalue weighted by molar-refractivity contribution is 0.895. The predicted octanol–water partition coefficient (Wildman–Crippen LogP) is 4.29. The zero-order valence-corrected chi connectivity index (χ0v) is 14.4. The van der Waals surface area contributed by atoms with E-state index in [1.165, 1.54) is 12.8 Å². The van der Waals surface area contributed by atoms with Crippen molar-refractivity contribution in [3.63, 3.8) is 0 Å². The van der Waals surface area contributed by atoms with Crippen molar-refractivity contribution in [1.82, 2.24) is 20.2 Å². The molecule has 1 fully saturated rings. The van der Waals surface area contributed by atoms with Crippen LogP contribution in [0.5, 0.6) is 0 Å². The molecule has 5 nitrogen and oxygen atoms in total. The largest absolute Gasteiger partial charge is 0.355 e. The van der Waals surface area contributed by atoms with Crippen LogP contribution in [0.25, 0.3) is 33.5 Å². The quantitative estimate of drug-likeness (QED) is 0.604. The van der Waals surface area contributed by atoms with Crippen LogP contribution in [0.2, 0.25) is 0 Å². The molecule has 0 aliphatic carbocycles. The lowest BCUT2D eigenvalue weighted by Crippen LogP contribution is -2.21. The highest BCUT2D eigenvalue weighted by Crippen LogP contribution is 2.37. The summed E-state index contributed by atoms with van der Waals surface area (Å²) in [6, 6.07) is 18.5. The van der Waals surface area contributed by atoms with Crippen LogP contribution in [0.3, 0.4) is 0 Å². The van der Waals surface area contributed by atoms with Gasteiger partial charge in [-0.1, -0.05) is 42.5 Å². The van der Waals surface area contributed by atoms with Crippen molar-refractivity contribution in [3.8, 4) is 22.5 Å². The third-order valence-corrected chi connectivity index (χ3v) is 4.95. The number of hydrogen-bond donors (Lipinski definition) is 1. The smallest absolute Gasteiger partial charge is 0.162 e. The summed E-state index contributed by atoms with van der Waals surface area (Å²) in [6.07, 6.45) is 4.23. The Morgan fingerprint density at radius 3 is 2.46 bits per heavy atom. The van der Waals surface area contributed by atoms with Crippen LogP contribution >= 0.6 is 0 Å². The summed E-state index contributed by atoms with van der Waals surface area (Å²) in [5.41, 5.74) is 5.21. The highest BCUT2D eigenvalue weighted by atomic mass is 15.3. The number of nitrogens with one attached hydrogen (secondary N) is 1. The molecule has 0 bridgehead atoms. The van der Waals surface area contributed by atoms with Gasteiger partial charge in [-0.2, -0.15) is 5.10 Å². The second-order valence-electron chi connectivity index (χ2n) is 6.62. The number of rotatable bonds is 3. The van der Waals surface area contributed by atoms with Gasteiger partial charge in [0.25, 0.3) is 0 Å². The highest BCUT2D eigenvalue weighted by Gasteiger charge is 2.23. The molecule has 1 N–H and O–H groups in total. The summed E-state index contributed by atoms with van der Waals surface area (Å²) in [5, 5.41) is 8.82. The van der Waals surface area contributed by atoms with Crippen molar-refractivity contribution in [1.29, 1.82) is 0 Å². The first-order chi connectivity index (χ1) is 12.9. The van der Waals surface area contributed by atoms with E-state index in [0.29, 0.717) is 0 Å². The zero-order chi connectivity index (χ0) is 17.3. The van der Waals surface area contributed by atoms with Gasteiger partial charge in [-0.3, -0.25) is 0 Å². The Kier molecular flexibility index (Phi) is 3.63. The van der Waals surface area contributed by atoms with Gasteiger partial charge in [0.05, 0.1) is 22.8 Å². The molecule has 4 aromatic rings. The molecule has 1 saturated heterocycles. The van der Waals surface area contributed by atoms with Gasteiger partial charge in [-0.25, -0.2) is 4.98 Å². The summed E-state index contributed by atoms with van der Waals surface area (Å²) in [7, 11) is 0. The minimum Gasteiger partial charge on any atom is -0.355 e. The summed E-state index contributed by atoms with van der Waals surface area (Å²) in [5.74, 6) is 1.77. The van der Waals surface area contributed by atoms with Crippen LogP contribution in [0.15, 0.2) is 60.8 Å². The van der Waals surface area contributed by atoms with Crippen LogP contribution in [-0.2, 0) is 0 Å². The Hall–Kier alpha value is -3.21. The molecular weight excluding hydrogens is 322 g/mol. The summed E-state index contributed by atoms with van der Waals surface area (Å²) < 4.78 is 0. The third-order valence-electron chi connectivity index (χ3n) is 4.95. The molecule has 0 radical (unpaired) electrons. The first-order valence-corrected chi connectivity index (χ1v) is 9.01. The van der Waals surface area contributed by atoms with Crippen LogP contribution in [0.4, 0.5) is 5.82 Å². The number of para-hydroxylation sites is 2. The van der Waals surface area contributed by atoms with Crippen molar-refractivity contribution in [3.05, 3.63) is 60.8 Å². The minimum absolute atomic E-state index is 0.849. The maximum atomic E-state index is 4.85. The number of benzene rings is 2. The second-order valence-corrected chi connectivity index (χ2v) is 6.62. The summed E-state index contributed by atoms with van der Waals surface area (Å²) in [4.78, 5) is 10.7. The van der Waals surface area contributed by atoms with Gasteiger partial charge in [0.1, 0.15) is 5.82 Å². The van der Waals surface area contributed by atoms with Gasteiger partial charge in [0, 0.05) is 18.7 Å². The fraction of sp³-hybridized carbons (Fsp3) is 0.190. The van der Waals surface area contributed by atoms with E-state index in [2.05, 4.69) is 38.3 Å². The Balaban J connectivity index is 1.77. The summed E-state index contributed by atoms with van der Waals surface area (Å²) in [6.45, 7) is 2.03. The van der Waals surface area contributed by atoms with Crippen LogP contribution < -0.4 is 4.90 Å². The molecular formula is C21H19N5. The van der Waals surface area contributed by atoms with E-state index in [1.807, 2.05) is 42.6 Å². The predicted molar refractivity (Wildman–Crippen MR) is 104 cm³/mol. The molecule has 5 heteroatoms. The number of fused-ring (bicyclic) bond motifs is 1. The number of aromatic nitrogens is 4. The van der Waals surface area contributed by atoms with E-state index < -0.39 is 0 Å². The van der Waals surface area contributed by atoms with Gasteiger partial charge in [0.15, 0.2) is 5.82 Å². The maximum Gasteiger partial charge on any atom is 0.162 e.